The number of aromatic nitrogens is 1. The Morgan fingerprint density at radius 1 is 1.06 bits per heavy atom. The van der Waals surface area contributed by atoms with Crippen LogP contribution < -0.4 is 25.3 Å². The molecule has 0 saturated carbocycles. The summed E-state index contributed by atoms with van der Waals surface area (Å²) in [5, 5.41) is 16.5. The number of benzene rings is 2. The van der Waals surface area contributed by atoms with Crippen LogP contribution in [0, 0.1) is 12.3 Å². The number of hydrogen-bond donors (Lipinski definition) is 3. The lowest BCUT2D eigenvalue weighted by Crippen LogP contribution is -2.28. The summed E-state index contributed by atoms with van der Waals surface area (Å²) in [5.74, 6) is 0.862. The summed E-state index contributed by atoms with van der Waals surface area (Å²) in [6, 6.07) is 11.0. The largest absolute Gasteiger partial charge is 0.493 e. The van der Waals surface area contributed by atoms with Crippen LogP contribution in [0.5, 0.6) is 17.2 Å². The van der Waals surface area contributed by atoms with Gasteiger partial charge in [0.2, 0.25) is 5.75 Å². The topological polar surface area (TPSA) is 120 Å². The third-order valence-electron chi connectivity index (χ3n) is 6.48. The number of ether oxygens (including phenoxy) is 3. The first-order valence-corrected chi connectivity index (χ1v) is 11.6. The van der Waals surface area contributed by atoms with Gasteiger partial charge in [-0.15, -0.1) is 0 Å². The number of primary amides is 1. The molecule has 0 unspecified atom stereocenters. The number of nitrogens with one attached hydrogen (secondary N) is 1. The van der Waals surface area contributed by atoms with Crippen molar-refractivity contribution in [3.05, 3.63) is 58.9 Å². The number of nitrogens with two attached hydrogens (primary N) is 1. The van der Waals surface area contributed by atoms with E-state index in [0.717, 1.165) is 29.1 Å². The highest BCUT2D eigenvalue weighted by Gasteiger charge is 2.33. The molecule has 190 valence electrons. The number of rotatable bonds is 7. The van der Waals surface area contributed by atoms with Crippen LogP contribution in [0.1, 0.15) is 47.6 Å². The average Bonchev–Trinajstić information content (AvgIpc) is 3.16. The highest BCUT2D eigenvalue weighted by molar-refractivity contribution is 6.03. The molecule has 2 aromatic carbocycles. The molecule has 0 fully saturated rings. The maximum absolute atomic E-state index is 12.3. The van der Waals surface area contributed by atoms with Crippen molar-refractivity contribution in [3.63, 3.8) is 0 Å². The zero-order valence-corrected chi connectivity index (χ0v) is 21.4. The van der Waals surface area contributed by atoms with Gasteiger partial charge in [-0.25, -0.2) is 0 Å². The van der Waals surface area contributed by atoms with Gasteiger partial charge in [0, 0.05) is 40.5 Å². The van der Waals surface area contributed by atoms with Crippen molar-refractivity contribution < 1.29 is 24.2 Å². The van der Waals surface area contributed by atoms with Crippen molar-refractivity contribution in [2.24, 2.45) is 16.3 Å². The number of amides is 1. The Balaban J connectivity index is 1.84. The molecule has 36 heavy (non-hydrogen) atoms. The molecular weight excluding hydrogens is 460 g/mol. The first kappa shape index (κ1) is 25.0. The number of nitrogens with zero attached hydrogens (tertiary/aromatic N) is 2. The van der Waals surface area contributed by atoms with Crippen molar-refractivity contribution in [1.29, 1.82) is 0 Å². The third-order valence-corrected chi connectivity index (χ3v) is 6.48. The normalized spacial score (nSPS) is 15.3. The monoisotopic (exact) mass is 492 g/mol. The molecule has 4 rings (SSSR count). The first-order chi connectivity index (χ1) is 17.1. The van der Waals surface area contributed by atoms with E-state index < -0.39 is 5.91 Å². The van der Waals surface area contributed by atoms with Gasteiger partial charge in [-0.2, -0.15) is 0 Å². The number of oxime groups is 1. The number of hydrogen-bond acceptors (Lipinski definition) is 7. The molecular formula is C27H32N4O5. The lowest BCUT2D eigenvalue weighted by atomic mass is 9.76. The Labute approximate surface area is 210 Å². The Kier molecular flexibility index (Phi) is 6.58. The molecule has 9 nitrogen and oxygen atoms in total. The van der Waals surface area contributed by atoms with Crippen LogP contribution in [0.15, 0.2) is 41.6 Å². The zero-order chi connectivity index (χ0) is 26.2. The predicted octanol–water partition coefficient (Wildman–Crippen LogP) is 4.80. The SMILES string of the molecule is COc1cc(Nc2cc(-n3c(C)cc4c3CC(C)(C)C/C4=N/O)ccc2C(N)=O)cc(OC)c1OC. The number of methoxy groups -OCH3 is 3. The maximum atomic E-state index is 12.3. The average molecular weight is 493 g/mol. The van der Waals surface area contributed by atoms with Gasteiger partial charge in [0.1, 0.15) is 0 Å². The van der Waals surface area contributed by atoms with E-state index in [-0.39, 0.29) is 5.41 Å². The molecule has 4 N–H and O–H groups in total. The van der Waals surface area contributed by atoms with Gasteiger partial charge >= 0.3 is 0 Å². The molecule has 1 aliphatic carbocycles. The highest BCUT2D eigenvalue weighted by atomic mass is 16.5. The summed E-state index contributed by atoms with van der Waals surface area (Å²) in [6.07, 6.45) is 1.50. The second-order valence-electron chi connectivity index (χ2n) is 9.68. The summed E-state index contributed by atoms with van der Waals surface area (Å²) in [4.78, 5) is 12.3. The Bertz CT molecular complexity index is 1330. The van der Waals surface area contributed by atoms with E-state index in [9.17, 15) is 10.0 Å². The van der Waals surface area contributed by atoms with Gasteiger partial charge in [0.15, 0.2) is 11.5 Å². The Morgan fingerprint density at radius 2 is 1.72 bits per heavy atom. The zero-order valence-electron chi connectivity index (χ0n) is 21.4. The minimum absolute atomic E-state index is 0.0679. The van der Waals surface area contributed by atoms with Crippen LogP contribution in [0.4, 0.5) is 11.4 Å². The van der Waals surface area contributed by atoms with E-state index in [2.05, 4.69) is 28.9 Å². The van der Waals surface area contributed by atoms with Gasteiger partial charge in [-0.1, -0.05) is 19.0 Å². The molecule has 1 aromatic heterocycles. The fraction of sp³-hybridized carbons (Fsp3) is 0.333. The summed E-state index contributed by atoms with van der Waals surface area (Å²) in [5.41, 5.74) is 11.6. The lowest BCUT2D eigenvalue weighted by molar-refractivity contribution is 0.100. The minimum atomic E-state index is -0.557. The van der Waals surface area contributed by atoms with Crippen molar-refractivity contribution in [1.82, 2.24) is 4.57 Å². The van der Waals surface area contributed by atoms with Crippen LogP contribution in [0.3, 0.4) is 0 Å². The molecule has 1 aliphatic rings. The molecule has 3 aromatic rings. The molecule has 0 bridgehead atoms. The summed E-state index contributed by atoms with van der Waals surface area (Å²) >= 11 is 0. The Morgan fingerprint density at radius 3 is 2.28 bits per heavy atom. The van der Waals surface area contributed by atoms with Crippen LogP contribution in [-0.2, 0) is 6.42 Å². The fourth-order valence-electron chi connectivity index (χ4n) is 4.93. The fourth-order valence-corrected chi connectivity index (χ4v) is 4.93. The maximum Gasteiger partial charge on any atom is 0.250 e. The summed E-state index contributed by atoms with van der Waals surface area (Å²) < 4.78 is 18.5. The van der Waals surface area contributed by atoms with Crippen LogP contribution >= 0.6 is 0 Å². The van der Waals surface area contributed by atoms with E-state index >= 15 is 0 Å². The lowest BCUT2D eigenvalue weighted by Gasteiger charge is -2.31. The Hall–Kier alpha value is -4.14. The van der Waals surface area contributed by atoms with Crippen molar-refractivity contribution in [2.45, 2.75) is 33.6 Å². The van der Waals surface area contributed by atoms with Gasteiger partial charge < -0.3 is 35.0 Å². The predicted molar refractivity (Wildman–Crippen MR) is 139 cm³/mol. The molecule has 0 atom stereocenters. The number of carbonyl (C=O) groups excluding carboxylic acids is 1. The van der Waals surface area contributed by atoms with E-state index in [0.29, 0.717) is 46.3 Å². The molecule has 1 amide bonds. The second kappa shape index (κ2) is 9.49. The van der Waals surface area contributed by atoms with Gasteiger partial charge in [-0.3, -0.25) is 4.79 Å². The smallest absolute Gasteiger partial charge is 0.250 e. The number of fused-ring (bicyclic) bond motifs is 1. The number of aryl methyl sites for hydroxylation is 1. The van der Waals surface area contributed by atoms with Crippen LogP contribution in [-0.4, -0.2) is 42.7 Å². The first-order valence-electron chi connectivity index (χ1n) is 11.6. The summed E-state index contributed by atoms with van der Waals surface area (Å²) in [6.45, 7) is 6.32. The van der Waals surface area contributed by atoms with Crippen LogP contribution in [0.25, 0.3) is 5.69 Å². The third kappa shape index (κ3) is 4.44. The van der Waals surface area contributed by atoms with Gasteiger partial charge in [0.05, 0.1) is 38.3 Å². The highest BCUT2D eigenvalue weighted by Crippen LogP contribution is 2.42. The van der Waals surface area contributed by atoms with Crippen molar-refractivity contribution >= 4 is 23.0 Å². The van der Waals surface area contributed by atoms with Gasteiger partial charge in [0.25, 0.3) is 5.91 Å². The molecule has 0 aliphatic heterocycles. The number of anilines is 2. The summed E-state index contributed by atoms with van der Waals surface area (Å²) in [7, 11) is 4.62. The molecule has 0 radical (unpaired) electrons. The standard InChI is InChI=1S/C27H32N4O5/c1-15-9-19-21(30-33)13-27(2,3)14-22(19)31(15)17-7-8-18(26(28)32)20(12-17)29-16-10-23(34-4)25(36-6)24(11-16)35-5/h7-12,29,33H,13-14H2,1-6H3,(H2,28,32)/b30-21-. The number of carbonyl (C=O) groups is 1. The minimum Gasteiger partial charge on any atom is -0.493 e. The van der Waals surface area contributed by atoms with E-state index in [1.165, 1.54) is 7.11 Å². The van der Waals surface area contributed by atoms with Gasteiger partial charge in [-0.05, 0) is 49.4 Å². The van der Waals surface area contributed by atoms with Crippen molar-refractivity contribution in [3.8, 4) is 22.9 Å². The van der Waals surface area contributed by atoms with E-state index in [1.54, 1.807) is 32.4 Å². The molecule has 9 heteroatoms. The molecule has 0 spiro atoms. The van der Waals surface area contributed by atoms with E-state index in [4.69, 9.17) is 19.9 Å². The molecule has 1 heterocycles. The second-order valence-corrected chi connectivity index (χ2v) is 9.68. The molecule has 0 saturated heterocycles. The quantitative estimate of drug-likeness (QED) is 0.322. The van der Waals surface area contributed by atoms with E-state index in [1.807, 2.05) is 25.1 Å². The van der Waals surface area contributed by atoms with Crippen molar-refractivity contribution in [2.75, 3.05) is 26.6 Å². The van der Waals surface area contributed by atoms with Crippen LogP contribution in [0.2, 0.25) is 0 Å².